The Bertz CT molecular complexity index is 1210. The van der Waals surface area contributed by atoms with Gasteiger partial charge in [0.2, 0.25) is 0 Å². The Morgan fingerprint density at radius 1 is 0.800 bits per heavy atom. The van der Waals surface area contributed by atoms with Crippen molar-refractivity contribution >= 4 is 38.0 Å². The van der Waals surface area contributed by atoms with Gasteiger partial charge in [-0.05, 0) is 18.2 Å². The van der Waals surface area contributed by atoms with Crippen molar-refractivity contribution in [2.24, 2.45) is 0 Å². The number of nitrogens with zero attached hydrogens (tertiary/aromatic N) is 6. The first kappa shape index (κ1) is 27.0. The largest absolute Gasteiger partial charge is 0.619 e. The van der Waals surface area contributed by atoms with Gasteiger partial charge in [0.05, 0.1) is 28.8 Å². The molecule has 0 amide bonds. The number of pyridine rings is 2. The molecule has 9 nitrogen and oxygen atoms in total. The van der Waals surface area contributed by atoms with Gasteiger partial charge in [0.15, 0.2) is 12.4 Å². The molecule has 0 atom stereocenters. The smallest absolute Gasteiger partial charge is 0.191 e. The summed E-state index contributed by atoms with van der Waals surface area (Å²) in [6.07, 6.45) is 10.1. The Labute approximate surface area is 209 Å². The van der Waals surface area contributed by atoms with E-state index >= 15 is 0 Å². The fourth-order valence-electron chi connectivity index (χ4n) is 3.21. The first-order valence-electron chi connectivity index (χ1n) is 12.0. The highest BCUT2D eigenvalue weighted by molar-refractivity contribution is 6.76. The molecule has 0 bridgehead atoms. The van der Waals surface area contributed by atoms with E-state index in [1.54, 1.807) is 23.1 Å². The molecule has 0 radical (unpaired) electrons. The van der Waals surface area contributed by atoms with Crippen LogP contribution in [0.5, 0.6) is 0 Å². The molecule has 4 heterocycles. The standard InChI is InChI=1S/C12H19N3O2Si.C12H19N3OSi/c1-18(2,3)7-6-17-10-15-12-4-5-14(16)9-11(12)8-13-15;1-17(2,3)7-6-16-10-15-12-4-5-13-8-11(12)9-14-15/h4-5,8-9H,6-7,10H2,1-3H3;4-5,8-9H,6-7,10H2,1-3H3. The van der Waals surface area contributed by atoms with Crippen LogP contribution in [-0.2, 0) is 22.9 Å². The first-order valence-corrected chi connectivity index (χ1v) is 19.4. The maximum Gasteiger partial charge on any atom is 0.191 e. The third-order valence-electron chi connectivity index (χ3n) is 5.42. The van der Waals surface area contributed by atoms with Crippen LogP contribution < -0.4 is 4.73 Å². The molecule has 35 heavy (non-hydrogen) atoms. The van der Waals surface area contributed by atoms with Crippen molar-refractivity contribution in [3.8, 4) is 0 Å². The zero-order valence-electron chi connectivity index (χ0n) is 21.8. The number of aromatic nitrogens is 6. The van der Waals surface area contributed by atoms with Crippen LogP contribution in [0.3, 0.4) is 0 Å². The highest BCUT2D eigenvalue weighted by atomic mass is 28.3. The molecule has 0 fully saturated rings. The van der Waals surface area contributed by atoms with E-state index in [-0.39, 0.29) is 0 Å². The van der Waals surface area contributed by atoms with Gasteiger partial charge in [-0.3, -0.25) is 4.98 Å². The van der Waals surface area contributed by atoms with Gasteiger partial charge in [-0.1, -0.05) is 39.3 Å². The second-order valence-corrected chi connectivity index (χ2v) is 22.3. The predicted molar refractivity (Wildman–Crippen MR) is 144 cm³/mol. The third-order valence-corrected chi connectivity index (χ3v) is 8.83. The van der Waals surface area contributed by atoms with E-state index < -0.39 is 16.1 Å². The quantitative estimate of drug-likeness (QED) is 0.131. The maximum atomic E-state index is 11.1. The minimum atomic E-state index is -1.04. The number of ether oxygens (including phenoxy) is 2. The molecular formula is C24H38N6O3Si2. The van der Waals surface area contributed by atoms with Crippen LogP contribution in [0.25, 0.3) is 21.8 Å². The molecule has 0 spiro atoms. The molecule has 0 N–H and O–H groups in total. The van der Waals surface area contributed by atoms with Crippen LogP contribution in [0.1, 0.15) is 0 Å². The number of hydrogen-bond acceptors (Lipinski definition) is 6. The molecule has 4 aromatic rings. The van der Waals surface area contributed by atoms with Gasteiger partial charge >= 0.3 is 0 Å². The van der Waals surface area contributed by atoms with E-state index in [1.165, 1.54) is 18.4 Å². The molecule has 0 unspecified atom stereocenters. The molecule has 4 rings (SSSR count). The van der Waals surface area contributed by atoms with Crippen molar-refractivity contribution < 1.29 is 14.2 Å². The van der Waals surface area contributed by atoms with E-state index in [0.717, 1.165) is 45.8 Å². The van der Waals surface area contributed by atoms with Crippen LogP contribution in [0.15, 0.2) is 49.3 Å². The molecule has 0 saturated carbocycles. The minimum absolute atomic E-state index is 0.441. The van der Waals surface area contributed by atoms with Crippen molar-refractivity contribution in [3.05, 3.63) is 54.5 Å². The highest BCUT2D eigenvalue weighted by Gasteiger charge is 2.13. The molecule has 0 aliphatic rings. The van der Waals surface area contributed by atoms with E-state index in [0.29, 0.717) is 13.5 Å². The SMILES string of the molecule is C[Si](C)(C)CCOCn1ncc2c[n+]([O-])ccc21.C[Si](C)(C)CCOCn1ncc2cnccc21. The highest BCUT2D eigenvalue weighted by Crippen LogP contribution is 2.13. The summed E-state index contributed by atoms with van der Waals surface area (Å²) in [5.41, 5.74) is 2.00. The summed E-state index contributed by atoms with van der Waals surface area (Å²) in [5, 5.41) is 21.5. The Balaban J connectivity index is 0.000000196. The van der Waals surface area contributed by atoms with E-state index in [9.17, 15) is 5.21 Å². The lowest BCUT2D eigenvalue weighted by molar-refractivity contribution is -0.603. The molecule has 0 aliphatic carbocycles. The van der Waals surface area contributed by atoms with Crippen molar-refractivity contribution in [2.45, 2.75) is 64.8 Å². The second-order valence-electron chi connectivity index (χ2n) is 11.1. The van der Waals surface area contributed by atoms with E-state index in [4.69, 9.17) is 9.47 Å². The van der Waals surface area contributed by atoms with Crippen molar-refractivity contribution in [1.29, 1.82) is 0 Å². The summed E-state index contributed by atoms with van der Waals surface area (Å²) in [5.74, 6) is 0. The summed E-state index contributed by atoms with van der Waals surface area (Å²) < 4.78 is 15.8. The van der Waals surface area contributed by atoms with Gasteiger partial charge in [-0.15, -0.1) is 0 Å². The van der Waals surface area contributed by atoms with Gasteiger partial charge in [-0.25, -0.2) is 9.36 Å². The van der Waals surface area contributed by atoms with Crippen LogP contribution in [0.2, 0.25) is 51.4 Å². The van der Waals surface area contributed by atoms with Crippen LogP contribution in [0, 0.1) is 5.21 Å². The summed E-state index contributed by atoms with van der Waals surface area (Å²) in [6.45, 7) is 16.6. The fourth-order valence-corrected chi connectivity index (χ4v) is 4.72. The fraction of sp³-hybridized carbons (Fsp3) is 0.500. The average Bonchev–Trinajstić information content (AvgIpc) is 3.37. The summed E-state index contributed by atoms with van der Waals surface area (Å²) in [7, 11) is -2.04. The molecule has 190 valence electrons. The minimum Gasteiger partial charge on any atom is -0.619 e. The monoisotopic (exact) mass is 514 g/mol. The zero-order chi connectivity index (χ0) is 25.5. The Hall–Kier alpha value is -2.61. The van der Waals surface area contributed by atoms with Crippen molar-refractivity contribution in [2.75, 3.05) is 13.2 Å². The van der Waals surface area contributed by atoms with E-state index in [1.807, 2.05) is 23.1 Å². The van der Waals surface area contributed by atoms with Gasteiger partial charge in [-0.2, -0.15) is 14.9 Å². The first-order chi connectivity index (χ1) is 16.5. The van der Waals surface area contributed by atoms with Crippen LogP contribution in [0.4, 0.5) is 0 Å². The van der Waals surface area contributed by atoms with Gasteiger partial charge in [0.1, 0.15) is 13.5 Å². The summed E-state index contributed by atoms with van der Waals surface area (Å²) in [6, 6.07) is 6.06. The van der Waals surface area contributed by atoms with Crippen molar-refractivity contribution in [1.82, 2.24) is 24.5 Å². The zero-order valence-corrected chi connectivity index (χ0v) is 23.8. The van der Waals surface area contributed by atoms with Crippen LogP contribution in [-0.4, -0.2) is 53.9 Å². The summed E-state index contributed by atoms with van der Waals surface area (Å²) in [4.78, 5) is 4.07. The molecule has 4 aromatic heterocycles. The van der Waals surface area contributed by atoms with Crippen molar-refractivity contribution in [3.63, 3.8) is 0 Å². The normalized spacial score (nSPS) is 12.2. The Morgan fingerprint density at radius 2 is 1.34 bits per heavy atom. The molecule has 0 saturated heterocycles. The second kappa shape index (κ2) is 11.9. The maximum absolute atomic E-state index is 11.1. The lowest BCUT2D eigenvalue weighted by atomic mass is 10.3. The topological polar surface area (TPSA) is 93.9 Å². The van der Waals surface area contributed by atoms with Crippen LogP contribution >= 0.6 is 0 Å². The van der Waals surface area contributed by atoms with E-state index in [2.05, 4.69) is 54.5 Å². The van der Waals surface area contributed by atoms with Gasteiger partial charge in [0, 0.05) is 53.2 Å². The summed E-state index contributed by atoms with van der Waals surface area (Å²) >= 11 is 0. The van der Waals surface area contributed by atoms with Gasteiger partial charge in [0.25, 0.3) is 0 Å². The third kappa shape index (κ3) is 8.84. The molecule has 0 aromatic carbocycles. The molecule has 11 heteroatoms. The number of hydrogen-bond donors (Lipinski definition) is 0. The lowest BCUT2D eigenvalue weighted by Crippen LogP contribution is -2.23. The molecular weight excluding hydrogens is 476 g/mol. The Morgan fingerprint density at radius 3 is 1.91 bits per heavy atom. The lowest BCUT2D eigenvalue weighted by Gasteiger charge is -2.15. The molecule has 0 aliphatic heterocycles. The van der Waals surface area contributed by atoms with Gasteiger partial charge < -0.3 is 14.7 Å². The average molecular weight is 515 g/mol. The number of rotatable bonds is 10. The Kier molecular flexibility index (Phi) is 9.17. The predicted octanol–water partition coefficient (Wildman–Crippen LogP) is 4.73. The number of fused-ring (bicyclic) bond motifs is 2.